The van der Waals surface area contributed by atoms with Crippen molar-refractivity contribution in [3.8, 4) is 0 Å². The van der Waals surface area contributed by atoms with Crippen LogP contribution in [0.5, 0.6) is 0 Å². The van der Waals surface area contributed by atoms with E-state index < -0.39 is 0 Å². The fraction of sp³-hybridized carbons (Fsp3) is 0.421. The number of pyridine rings is 1. The maximum atomic E-state index is 5.37. The van der Waals surface area contributed by atoms with Crippen molar-refractivity contribution >= 4 is 16.6 Å². The van der Waals surface area contributed by atoms with Gasteiger partial charge in [0.05, 0.1) is 18.7 Å². The number of rotatable bonds is 5. The smallest absolute Gasteiger partial charge is 0.0726 e. The molecule has 0 amide bonds. The van der Waals surface area contributed by atoms with Crippen molar-refractivity contribution in [3.05, 3.63) is 47.2 Å². The van der Waals surface area contributed by atoms with Crippen LogP contribution in [0.1, 0.15) is 31.0 Å². The van der Waals surface area contributed by atoms with Gasteiger partial charge in [0.25, 0.3) is 0 Å². The number of anilines is 1. The topological polar surface area (TPSA) is 34.2 Å². The molecule has 3 nitrogen and oxygen atoms in total. The van der Waals surface area contributed by atoms with E-state index in [1.807, 2.05) is 0 Å². The summed E-state index contributed by atoms with van der Waals surface area (Å²) in [5.41, 5.74) is 6.31. The van der Waals surface area contributed by atoms with Crippen LogP contribution in [-0.2, 0) is 11.2 Å². The van der Waals surface area contributed by atoms with Gasteiger partial charge in [-0.2, -0.15) is 0 Å². The third kappa shape index (κ3) is 3.14. The Bertz CT molecular complexity index is 691. The molecule has 0 spiro atoms. The normalized spacial score (nSPS) is 14.9. The van der Waals surface area contributed by atoms with Gasteiger partial charge in [-0.3, -0.25) is 4.98 Å². The van der Waals surface area contributed by atoms with Gasteiger partial charge in [-0.15, -0.1) is 0 Å². The summed E-state index contributed by atoms with van der Waals surface area (Å²) in [7, 11) is 0. The molecule has 3 heteroatoms. The quantitative estimate of drug-likeness (QED) is 0.837. The average molecular weight is 296 g/mol. The Morgan fingerprint density at radius 2 is 2.14 bits per heavy atom. The molecule has 0 unspecified atom stereocenters. The predicted octanol–water partition coefficient (Wildman–Crippen LogP) is 4.25. The second kappa shape index (κ2) is 6.93. The second-order valence-electron chi connectivity index (χ2n) is 5.79. The lowest BCUT2D eigenvalue weighted by atomic mass is 10.0. The van der Waals surface area contributed by atoms with Crippen molar-refractivity contribution in [2.75, 3.05) is 25.1 Å². The third-order valence-electron chi connectivity index (χ3n) is 4.36. The number of fused-ring (bicyclic) bond motifs is 1. The molecular formula is C19H24N2O. The van der Waals surface area contributed by atoms with Crippen LogP contribution in [0.25, 0.3) is 10.9 Å². The van der Waals surface area contributed by atoms with Gasteiger partial charge in [0.2, 0.25) is 0 Å². The van der Waals surface area contributed by atoms with Crippen LogP contribution in [0.3, 0.4) is 0 Å². The highest BCUT2D eigenvalue weighted by atomic mass is 16.5. The van der Waals surface area contributed by atoms with Crippen molar-refractivity contribution in [1.82, 2.24) is 4.98 Å². The first kappa shape index (κ1) is 15.0. The summed E-state index contributed by atoms with van der Waals surface area (Å²) >= 11 is 0. The zero-order valence-corrected chi connectivity index (χ0v) is 13.5. The standard InChI is InChI=1S/C19H24N2O/c1-3-16-14(2)21-18-7-5-4-6-17(18)19(16)20-11-8-15-9-12-22-13-10-15/h4-7,9H,3,8,10-13H2,1-2H3,(H,20,21). The first-order valence-corrected chi connectivity index (χ1v) is 8.17. The van der Waals surface area contributed by atoms with Crippen molar-refractivity contribution in [1.29, 1.82) is 0 Å². The van der Waals surface area contributed by atoms with Gasteiger partial charge in [0, 0.05) is 23.3 Å². The minimum Gasteiger partial charge on any atom is -0.384 e. The van der Waals surface area contributed by atoms with Gasteiger partial charge in [0.1, 0.15) is 0 Å². The molecule has 0 aliphatic carbocycles. The second-order valence-corrected chi connectivity index (χ2v) is 5.79. The molecule has 0 bridgehead atoms. The number of ether oxygens (including phenoxy) is 1. The first-order valence-electron chi connectivity index (χ1n) is 8.17. The molecule has 22 heavy (non-hydrogen) atoms. The number of hydrogen-bond acceptors (Lipinski definition) is 3. The minimum absolute atomic E-state index is 0.771. The third-order valence-corrected chi connectivity index (χ3v) is 4.36. The van der Waals surface area contributed by atoms with Crippen LogP contribution in [-0.4, -0.2) is 24.7 Å². The van der Waals surface area contributed by atoms with Gasteiger partial charge in [0.15, 0.2) is 0 Å². The Kier molecular flexibility index (Phi) is 4.74. The Hall–Kier alpha value is -1.87. The highest BCUT2D eigenvalue weighted by molar-refractivity contribution is 5.93. The molecule has 2 heterocycles. The number of benzene rings is 1. The summed E-state index contributed by atoms with van der Waals surface area (Å²) in [4.78, 5) is 4.74. The lowest BCUT2D eigenvalue weighted by Crippen LogP contribution is -2.11. The number of nitrogens with one attached hydrogen (secondary N) is 1. The maximum Gasteiger partial charge on any atom is 0.0726 e. The van der Waals surface area contributed by atoms with E-state index in [2.05, 4.69) is 49.5 Å². The van der Waals surface area contributed by atoms with Crippen LogP contribution >= 0.6 is 0 Å². The Morgan fingerprint density at radius 3 is 2.91 bits per heavy atom. The van der Waals surface area contributed by atoms with Crippen molar-refractivity contribution in [2.45, 2.75) is 33.1 Å². The van der Waals surface area contributed by atoms with Crippen molar-refractivity contribution < 1.29 is 4.74 Å². The van der Waals surface area contributed by atoms with E-state index in [-0.39, 0.29) is 0 Å². The first-order chi connectivity index (χ1) is 10.8. The van der Waals surface area contributed by atoms with Crippen molar-refractivity contribution in [2.24, 2.45) is 0 Å². The Labute approximate surface area is 132 Å². The van der Waals surface area contributed by atoms with Crippen LogP contribution in [0.2, 0.25) is 0 Å². The van der Waals surface area contributed by atoms with Gasteiger partial charge in [-0.1, -0.05) is 36.8 Å². The zero-order chi connectivity index (χ0) is 15.4. The molecule has 1 aliphatic heterocycles. The van der Waals surface area contributed by atoms with E-state index in [1.165, 1.54) is 22.2 Å². The highest BCUT2D eigenvalue weighted by Crippen LogP contribution is 2.29. The molecule has 1 aliphatic rings. The number of nitrogens with zero attached hydrogens (tertiary/aromatic N) is 1. The molecular weight excluding hydrogens is 272 g/mol. The van der Waals surface area contributed by atoms with Crippen LogP contribution in [0, 0.1) is 6.92 Å². The van der Waals surface area contributed by atoms with Gasteiger partial charge >= 0.3 is 0 Å². The van der Waals surface area contributed by atoms with Gasteiger partial charge in [-0.25, -0.2) is 0 Å². The van der Waals surface area contributed by atoms with Crippen LogP contribution in [0.15, 0.2) is 35.9 Å². The average Bonchev–Trinajstić information content (AvgIpc) is 2.55. The Balaban J connectivity index is 1.83. The molecule has 0 radical (unpaired) electrons. The van der Waals surface area contributed by atoms with E-state index >= 15 is 0 Å². The number of hydrogen-bond donors (Lipinski definition) is 1. The fourth-order valence-electron chi connectivity index (χ4n) is 3.15. The Morgan fingerprint density at radius 1 is 1.27 bits per heavy atom. The summed E-state index contributed by atoms with van der Waals surface area (Å²) in [6.07, 6.45) is 5.38. The molecule has 0 saturated carbocycles. The van der Waals surface area contributed by atoms with Gasteiger partial charge in [-0.05, 0) is 37.8 Å². The molecule has 3 rings (SSSR count). The lowest BCUT2D eigenvalue weighted by molar-refractivity contribution is 0.153. The number of para-hydroxylation sites is 1. The van der Waals surface area contributed by atoms with E-state index in [0.29, 0.717) is 0 Å². The number of aromatic nitrogens is 1. The molecule has 0 atom stereocenters. The fourth-order valence-corrected chi connectivity index (χ4v) is 3.15. The summed E-state index contributed by atoms with van der Waals surface area (Å²) in [6.45, 7) is 6.91. The van der Waals surface area contributed by atoms with Crippen molar-refractivity contribution in [3.63, 3.8) is 0 Å². The molecule has 1 aromatic carbocycles. The molecule has 1 N–H and O–H groups in total. The monoisotopic (exact) mass is 296 g/mol. The summed E-state index contributed by atoms with van der Waals surface area (Å²) in [5, 5.41) is 4.90. The van der Waals surface area contributed by atoms with E-state index in [4.69, 9.17) is 9.72 Å². The van der Waals surface area contributed by atoms with E-state index in [0.717, 1.165) is 50.2 Å². The summed E-state index contributed by atoms with van der Waals surface area (Å²) in [6, 6.07) is 8.40. The number of aryl methyl sites for hydroxylation is 1. The molecule has 2 aromatic rings. The summed E-state index contributed by atoms with van der Waals surface area (Å²) < 4.78 is 5.37. The molecule has 0 saturated heterocycles. The SMILES string of the molecule is CCc1c(C)nc2ccccc2c1NCCC1=CCOCC1. The summed E-state index contributed by atoms with van der Waals surface area (Å²) in [5.74, 6) is 0. The maximum absolute atomic E-state index is 5.37. The largest absolute Gasteiger partial charge is 0.384 e. The van der Waals surface area contributed by atoms with Crippen LogP contribution < -0.4 is 5.32 Å². The van der Waals surface area contributed by atoms with Crippen LogP contribution in [0.4, 0.5) is 5.69 Å². The predicted molar refractivity (Wildman–Crippen MR) is 92.5 cm³/mol. The highest BCUT2D eigenvalue weighted by Gasteiger charge is 2.11. The molecule has 1 aromatic heterocycles. The van der Waals surface area contributed by atoms with E-state index in [1.54, 1.807) is 0 Å². The molecule has 116 valence electrons. The lowest BCUT2D eigenvalue weighted by Gasteiger charge is -2.18. The zero-order valence-electron chi connectivity index (χ0n) is 13.5. The molecule has 0 fully saturated rings. The van der Waals surface area contributed by atoms with E-state index in [9.17, 15) is 0 Å². The minimum atomic E-state index is 0.771. The van der Waals surface area contributed by atoms with Gasteiger partial charge < -0.3 is 10.1 Å².